The van der Waals surface area contributed by atoms with Crippen LogP contribution in [0.1, 0.15) is 39.9 Å². The molecular formula is C16H24N2O2. The van der Waals surface area contributed by atoms with Crippen LogP contribution in [0.3, 0.4) is 0 Å². The van der Waals surface area contributed by atoms with E-state index in [0.717, 1.165) is 30.5 Å². The number of hydrogen-bond acceptors (Lipinski definition) is 2. The molecule has 3 fully saturated rings. The fraction of sp³-hybridized carbons (Fsp3) is 0.562. The van der Waals surface area contributed by atoms with Crippen molar-refractivity contribution in [3.8, 4) is 0 Å². The maximum atomic E-state index is 12.1. The van der Waals surface area contributed by atoms with Gasteiger partial charge in [0.15, 0.2) is 0 Å². The molecule has 0 spiro atoms. The van der Waals surface area contributed by atoms with E-state index in [1.165, 1.54) is 17.9 Å². The number of hydrogen-bond donors (Lipinski definition) is 0. The molecule has 1 aromatic rings. The largest absolute Gasteiger partial charge is 0.346 e. The van der Waals surface area contributed by atoms with Gasteiger partial charge in [0.2, 0.25) is 6.23 Å². The molecule has 4 nitrogen and oxygen atoms in total. The summed E-state index contributed by atoms with van der Waals surface area (Å²) in [5.41, 5.74) is 1.05. The number of hydroxylamine groups is 2. The van der Waals surface area contributed by atoms with Crippen molar-refractivity contribution in [2.24, 2.45) is 11.8 Å². The van der Waals surface area contributed by atoms with Crippen LogP contribution >= 0.6 is 0 Å². The van der Waals surface area contributed by atoms with Crippen LogP contribution in [-0.4, -0.2) is 29.1 Å². The Bertz CT molecular complexity index is 472. The molecule has 4 heteroatoms. The summed E-state index contributed by atoms with van der Waals surface area (Å²) < 4.78 is 0. The molecule has 0 aromatic heterocycles. The van der Waals surface area contributed by atoms with E-state index in [2.05, 4.69) is 13.8 Å². The summed E-state index contributed by atoms with van der Waals surface area (Å²) in [6.45, 7) is 6.09. The van der Waals surface area contributed by atoms with E-state index in [9.17, 15) is 4.79 Å². The Morgan fingerprint density at radius 1 is 1.25 bits per heavy atom. The third-order valence-electron chi connectivity index (χ3n) is 3.90. The van der Waals surface area contributed by atoms with Crippen molar-refractivity contribution in [1.82, 2.24) is 9.96 Å². The van der Waals surface area contributed by atoms with Gasteiger partial charge in [0.05, 0.1) is 0 Å². The molecule has 3 unspecified atom stereocenters. The average molecular weight is 276 g/mol. The highest BCUT2D eigenvalue weighted by Crippen LogP contribution is 2.47. The molecule has 2 amide bonds. The quantitative estimate of drug-likeness (QED) is 0.734. The van der Waals surface area contributed by atoms with Gasteiger partial charge in [0.25, 0.3) is 0 Å². The second kappa shape index (κ2) is 5.44. The molecule has 20 heavy (non-hydrogen) atoms. The van der Waals surface area contributed by atoms with E-state index in [1.54, 1.807) is 0 Å². The van der Waals surface area contributed by atoms with Crippen molar-refractivity contribution < 1.29 is 11.1 Å². The summed E-state index contributed by atoms with van der Waals surface area (Å²) >= 11 is 0. The molecule has 0 N–H and O–H groups in total. The van der Waals surface area contributed by atoms with Crippen LogP contribution in [0, 0.1) is 11.8 Å². The average Bonchev–Trinajstić information content (AvgIpc) is 3.38. The highest BCUT2D eigenvalue weighted by Gasteiger charge is 2.51. The van der Waals surface area contributed by atoms with Crippen LogP contribution in [0.5, 0.6) is 0 Å². The summed E-state index contributed by atoms with van der Waals surface area (Å²) in [5, 5.41) is 1.49. The van der Waals surface area contributed by atoms with Crippen molar-refractivity contribution in [2.75, 3.05) is 13.1 Å². The summed E-state index contributed by atoms with van der Waals surface area (Å²) in [4.78, 5) is 19.4. The lowest BCUT2D eigenvalue weighted by atomic mass is 10.2. The summed E-state index contributed by atoms with van der Waals surface area (Å²) in [5.74, 6) is 1.54. The minimum absolute atomic E-state index is 0. The molecule has 2 saturated heterocycles. The van der Waals surface area contributed by atoms with Crippen molar-refractivity contribution in [1.29, 1.82) is 0 Å². The number of amides is 2. The van der Waals surface area contributed by atoms with E-state index < -0.39 is 0 Å². The number of nitrogens with zero attached hydrogens (tertiary/aromatic N) is 2. The molecule has 3 atom stereocenters. The van der Waals surface area contributed by atoms with Gasteiger partial charge in [-0.3, -0.25) is 0 Å². The van der Waals surface area contributed by atoms with Gasteiger partial charge in [0.1, 0.15) is 0 Å². The van der Waals surface area contributed by atoms with Crippen LogP contribution in [0.25, 0.3) is 0 Å². The van der Waals surface area contributed by atoms with E-state index in [1.807, 2.05) is 35.2 Å². The minimum atomic E-state index is -0.166. The molecule has 1 aliphatic carbocycles. The number of piperidine rings is 1. The molecule has 1 saturated carbocycles. The zero-order chi connectivity index (χ0) is 14.1. The Hall–Kier alpha value is -1.55. The van der Waals surface area contributed by atoms with E-state index in [-0.39, 0.29) is 13.7 Å². The summed E-state index contributed by atoms with van der Waals surface area (Å²) in [6, 6.07) is 9.89. The Kier molecular flexibility index (Phi) is 3.66. The standard InChI is InChI=1S/C13H14N2O2.C3H8.H2/c16-13(14-7-10-6-11(10)8-14)15-12(17-15)9-4-2-1-3-5-9;1-3-2;/h1-5,10-12H,6-8H2;3H2,1-2H3;1H. The third-order valence-corrected chi connectivity index (χ3v) is 3.90. The molecule has 4 rings (SSSR count). The first-order valence-corrected chi connectivity index (χ1v) is 7.54. The van der Waals surface area contributed by atoms with Crippen LogP contribution in [0.2, 0.25) is 0 Å². The predicted molar refractivity (Wildman–Crippen MR) is 78.8 cm³/mol. The van der Waals surface area contributed by atoms with Gasteiger partial charge in [-0.25, -0.2) is 9.63 Å². The smallest absolute Gasteiger partial charge is 0.322 e. The summed E-state index contributed by atoms with van der Waals surface area (Å²) in [6.07, 6.45) is 2.40. The zero-order valence-electron chi connectivity index (χ0n) is 12.2. The maximum Gasteiger partial charge on any atom is 0.346 e. The first kappa shape index (κ1) is 13.4. The Morgan fingerprint density at radius 2 is 1.85 bits per heavy atom. The lowest BCUT2D eigenvalue weighted by molar-refractivity contribution is 0.142. The van der Waals surface area contributed by atoms with Crippen molar-refractivity contribution in [2.45, 2.75) is 32.9 Å². The van der Waals surface area contributed by atoms with Crippen LogP contribution < -0.4 is 0 Å². The number of carbonyl (C=O) groups is 1. The van der Waals surface area contributed by atoms with Gasteiger partial charge in [0, 0.05) is 20.1 Å². The van der Waals surface area contributed by atoms with Crippen LogP contribution in [0.4, 0.5) is 4.79 Å². The third kappa shape index (κ3) is 2.66. The fourth-order valence-corrected chi connectivity index (χ4v) is 2.73. The molecule has 110 valence electrons. The van der Waals surface area contributed by atoms with Gasteiger partial charge in [-0.05, 0) is 18.3 Å². The van der Waals surface area contributed by atoms with E-state index >= 15 is 0 Å². The Balaban J connectivity index is 0.000000375. The Morgan fingerprint density at radius 3 is 2.45 bits per heavy atom. The first-order valence-electron chi connectivity index (χ1n) is 7.54. The lowest BCUT2D eigenvalue weighted by Crippen LogP contribution is -2.34. The normalized spacial score (nSPS) is 29.4. The first-order chi connectivity index (χ1) is 9.74. The fourth-order valence-electron chi connectivity index (χ4n) is 2.73. The minimum Gasteiger partial charge on any atom is -0.322 e. The van der Waals surface area contributed by atoms with E-state index in [0.29, 0.717) is 0 Å². The highest BCUT2D eigenvalue weighted by molar-refractivity contribution is 5.75. The number of urea groups is 1. The molecule has 2 heterocycles. The topological polar surface area (TPSA) is 35.9 Å². The Labute approximate surface area is 121 Å². The van der Waals surface area contributed by atoms with Gasteiger partial charge in [-0.1, -0.05) is 50.6 Å². The maximum absolute atomic E-state index is 12.1. The summed E-state index contributed by atoms with van der Waals surface area (Å²) in [7, 11) is 0. The van der Waals surface area contributed by atoms with Crippen LogP contribution in [-0.2, 0) is 4.84 Å². The number of rotatable bonds is 1. The molecule has 3 aliphatic rings. The van der Waals surface area contributed by atoms with E-state index in [4.69, 9.17) is 4.84 Å². The van der Waals surface area contributed by atoms with Crippen molar-refractivity contribution in [3.05, 3.63) is 35.9 Å². The number of fused-ring (bicyclic) bond motifs is 1. The van der Waals surface area contributed by atoms with Gasteiger partial charge in [-0.2, -0.15) is 5.06 Å². The highest BCUT2D eigenvalue weighted by atomic mass is 16.8. The molecule has 2 aliphatic heterocycles. The van der Waals surface area contributed by atoms with Crippen LogP contribution in [0.15, 0.2) is 30.3 Å². The van der Waals surface area contributed by atoms with Gasteiger partial charge in [-0.15, -0.1) is 0 Å². The van der Waals surface area contributed by atoms with Gasteiger partial charge < -0.3 is 4.90 Å². The zero-order valence-corrected chi connectivity index (χ0v) is 12.2. The monoisotopic (exact) mass is 276 g/mol. The molecule has 1 aromatic carbocycles. The van der Waals surface area contributed by atoms with Crippen molar-refractivity contribution >= 4 is 6.03 Å². The lowest BCUT2D eigenvalue weighted by Gasteiger charge is -2.16. The predicted octanol–water partition coefficient (Wildman–Crippen LogP) is 3.67. The molecular weight excluding hydrogens is 252 g/mol. The molecule has 0 bridgehead atoms. The SMILES string of the molecule is CCC.O=C(N1CC2CC2C1)N1OC1c1ccccc1.[HH]. The molecule has 0 radical (unpaired) electrons. The number of likely N-dealkylation sites (tertiary alicyclic amines) is 1. The van der Waals surface area contributed by atoms with Gasteiger partial charge >= 0.3 is 6.03 Å². The second-order valence-corrected chi connectivity index (χ2v) is 5.84. The number of carbonyl (C=O) groups excluding carboxylic acids is 1. The van der Waals surface area contributed by atoms with Crippen molar-refractivity contribution in [3.63, 3.8) is 0 Å². The second-order valence-electron chi connectivity index (χ2n) is 5.84. The number of benzene rings is 1.